The van der Waals surface area contributed by atoms with Crippen LogP contribution >= 0.6 is 11.6 Å². The lowest BCUT2D eigenvalue weighted by Crippen LogP contribution is -2.30. The molecule has 0 spiro atoms. The van der Waals surface area contributed by atoms with E-state index in [0.29, 0.717) is 17.3 Å². The third-order valence-electron chi connectivity index (χ3n) is 3.56. The molecule has 2 rings (SSSR count). The number of halogens is 1. The van der Waals surface area contributed by atoms with Gasteiger partial charge in [-0.3, -0.25) is 0 Å². The topological polar surface area (TPSA) is 47.3 Å². The van der Waals surface area contributed by atoms with Crippen molar-refractivity contribution in [3.05, 3.63) is 64.7 Å². The van der Waals surface area contributed by atoms with Crippen molar-refractivity contribution in [2.45, 2.75) is 19.0 Å². The highest BCUT2D eigenvalue weighted by Gasteiger charge is 2.15. The molecule has 4 heteroatoms. The predicted octanol–water partition coefficient (Wildman–Crippen LogP) is 3.70. The highest BCUT2D eigenvalue weighted by molar-refractivity contribution is 6.32. The number of methoxy groups -OCH3 is 1. The van der Waals surface area contributed by atoms with Crippen molar-refractivity contribution < 1.29 is 4.74 Å². The zero-order chi connectivity index (χ0) is 15.2. The molecule has 0 aliphatic heterocycles. The minimum atomic E-state index is 0.0450. The van der Waals surface area contributed by atoms with Crippen molar-refractivity contribution in [2.24, 2.45) is 5.73 Å². The Morgan fingerprint density at radius 3 is 2.43 bits per heavy atom. The van der Waals surface area contributed by atoms with Crippen molar-refractivity contribution in [2.75, 3.05) is 13.7 Å². The Balaban J connectivity index is 2.14. The minimum Gasteiger partial charge on any atom is -0.495 e. The third kappa shape index (κ3) is 3.97. The summed E-state index contributed by atoms with van der Waals surface area (Å²) in [4.78, 5) is 0. The van der Waals surface area contributed by atoms with Crippen LogP contribution in [-0.2, 0) is 0 Å². The summed E-state index contributed by atoms with van der Waals surface area (Å²) in [5.74, 6) is 0.673. The first-order valence-corrected chi connectivity index (χ1v) is 7.38. The van der Waals surface area contributed by atoms with Gasteiger partial charge in [0.25, 0.3) is 0 Å². The standard InChI is InChI=1S/C17H21ClN2O/c1-12(13-6-4-3-5-7-13)20-16(11-19)14-8-9-17(21-2)15(18)10-14/h3-10,12,16,20H,11,19H2,1-2H3. The monoisotopic (exact) mass is 304 g/mol. The number of benzene rings is 2. The molecule has 0 saturated heterocycles. The molecule has 0 aliphatic rings. The van der Waals surface area contributed by atoms with Crippen LogP contribution in [-0.4, -0.2) is 13.7 Å². The Labute approximate surface area is 131 Å². The van der Waals surface area contributed by atoms with Crippen LogP contribution < -0.4 is 15.8 Å². The van der Waals surface area contributed by atoms with Gasteiger partial charge in [-0.2, -0.15) is 0 Å². The van der Waals surface area contributed by atoms with Gasteiger partial charge in [0.05, 0.1) is 12.1 Å². The molecular weight excluding hydrogens is 284 g/mol. The molecule has 0 fully saturated rings. The van der Waals surface area contributed by atoms with E-state index >= 15 is 0 Å². The van der Waals surface area contributed by atoms with Gasteiger partial charge in [0.1, 0.15) is 5.75 Å². The highest BCUT2D eigenvalue weighted by atomic mass is 35.5. The maximum absolute atomic E-state index is 6.19. The number of ether oxygens (including phenoxy) is 1. The molecule has 0 heterocycles. The fourth-order valence-corrected chi connectivity index (χ4v) is 2.61. The Hall–Kier alpha value is -1.55. The van der Waals surface area contributed by atoms with Gasteiger partial charge in [0, 0.05) is 18.6 Å². The van der Waals surface area contributed by atoms with E-state index in [2.05, 4.69) is 24.4 Å². The molecule has 2 atom stereocenters. The maximum atomic E-state index is 6.19. The van der Waals surface area contributed by atoms with Crippen molar-refractivity contribution in [1.82, 2.24) is 5.32 Å². The van der Waals surface area contributed by atoms with Crippen molar-refractivity contribution >= 4 is 11.6 Å². The second kappa shape index (κ2) is 7.46. The predicted molar refractivity (Wildman–Crippen MR) is 87.8 cm³/mol. The summed E-state index contributed by atoms with van der Waals surface area (Å²) in [6.07, 6.45) is 0. The molecule has 3 N–H and O–H groups in total. The lowest BCUT2D eigenvalue weighted by Gasteiger charge is -2.23. The lowest BCUT2D eigenvalue weighted by molar-refractivity contribution is 0.414. The van der Waals surface area contributed by atoms with E-state index in [-0.39, 0.29) is 12.1 Å². The zero-order valence-electron chi connectivity index (χ0n) is 12.3. The molecule has 0 bridgehead atoms. The molecule has 2 aromatic carbocycles. The van der Waals surface area contributed by atoms with Crippen molar-refractivity contribution in [3.8, 4) is 5.75 Å². The Bertz CT molecular complexity index is 574. The third-order valence-corrected chi connectivity index (χ3v) is 3.86. The molecular formula is C17H21ClN2O. The second-order valence-electron chi connectivity index (χ2n) is 4.98. The summed E-state index contributed by atoms with van der Waals surface area (Å²) in [7, 11) is 1.61. The summed E-state index contributed by atoms with van der Waals surface area (Å²) in [6.45, 7) is 2.63. The molecule has 0 radical (unpaired) electrons. The van der Waals surface area contributed by atoms with Gasteiger partial charge in [0.2, 0.25) is 0 Å². The first-order chi connectivity index (χ1) is 10.2. The Kier molecular flexibility index (Phi) is 5.62. The number of hydrogen-bond donors (Lipinski definition) is 2. The Morgan fingerprint density at radius 1 is 1.14 bits per heavy atom. The molecule has 2 unspecified atom stereocenters. The van der Waals surface area contributed by atoms with Crippen LogP contribution in [0.5, 0.6) is 5.75 Å². The first kappa shape index (κ1) is 15.8. The molecule has 3 nitrogen and oxygen atoms in total. The van der Waals surface area contributed by atoms with E-state index < -0.39 is 0 Å². The summed E-state index contributed by atoms with van der Waals surface area (Å²) in [5.41, 5.74) is 8.21. The van der Waals surface area contributed by atoms with E-state index in [4.69, 9.17) is 22.1 Å². The number of nitrogens with two attached hydrogens (primary N) is 1. The van der Waals surface area contributed by atoms with E-state index in [0.717, 1.165) is 5.56 Å². The molecule has 21 heavy (non-hydrogen) atoms. The zero-order valence-corrected chi connectivity index (χ0v) is 13.1. The summed E-state index contributed by atoms with van der Waals surface area (Å²) in [5, 5.41) is 4.14. The van der Waals surface area contributed by atoms with Gasteiger partial charge in [-0.05, 0) is 30.2 Å². The maximum Gasteiger partial charge on any atom is 0.137 e. The Morgan fingerprint density at radius 2 is 1.86 bits per heavy atom. The highest BCUT2D eigenvalue weighted by Crippen LogP contribution is 2.28. The van der Waals surface area contributed by atoms with Gasteiger partial charge in [0.15, 0.2) is 0 Å². The molecule has 2 aromatic rings. The fraction of sp³-hybridized carbons (Fsp3) is 0.294. The number of hydrogen-bond acceptors (Lipinski definition) is 3. The van der Waals surface area contributed by atoms with Crippen LogP contribution in [0.4, 0.5) is 0 Å². The fourth-order valence-electron chi connectivity index (χ4n) is 2.34. The summed E-state index contributed by atoms with van der Waals surface area (Å²) >= 11 is 6.19. The molecule has 0 saturated carbocycles. The van der Waals surface area contributed by atoms with E-state index in [1.165, 1.54) is 5.56 Å². The quantitative estimate of drug-likeness (QED) is 0.855. The van der Waals surface area contributed by atoms with Crippen LogP contribution in [0.3, 0.4) is 0 Å². The van der Waals surface area contributed by atoms with Gasteiger partial charge in [-0.25, -0.2) is 0 Å². The molecule has 112 valence electrons. The second-order valence-corrected chi connectivity index (χ2v) is 5.39. The first-order valence-electron chi connectivity index (χ1n) is 7.00. The normalized spacial score (nSPS) is 13.7. The van der Waals surface area contributed by atoms with Crippen LogP contribution in [0.2, 0.25) is 5.02 Å². The van der Waals surface area contributed by atoms with Gasteiger partial charge < -0.3 is 15.8 Å². The minimum absolute atomic E-state index is 0.0450. The van der Waals surface area contributed by atoms with E-state index in [9.17, 15) is 0 Å². The molecule has 0 amide bonds. The van der Waals surface area contributed by atoms with Gasteiger partial charge >= 0.3 is 0 Å². The van der Waals surface area contributed by atoms with Gasteiger partial charge in [-0.1, -0.05) is 48.0 Å². The number of nitrogens with one attached hydrogen (secondary N) is 1. The molecule has 0 aromatic heterocycles. The number of rotatable bonds is 6. The summed E-state index contributed by atoms with van der Waals surface area (Å²) in [6, 6.07) is 16.3. The van der Waals surface area contributed by atoms with Crippen LogP contribution in [0.25, 0.3) is 0 Å². The van der Waals surface area contributed by atoms with E-state index in [1.54, 1.807) is 7.11 Å². The average molecular weight is 305 g/mol. The van der Waals surface area contributed by atoms with Crippen molar-refractivity contribution in [1.29, 1.82) is 0 Å². The van der Waals surface area contributed by atoms with Crippen LogP contribution in [0.15, 0.2) is 48.5 Å². The molecule has 0 aliphatic carbocycles. The van der Waals surface area contributed by atoms with Crippen LogP contribution in [0.1, 0.15) is 30.1 Å². The summed E-state index contributed by atoms with van der Waals surface area (Å²) < 4.78 is 5.18. The van der Waals surface area contributed by atoms with Crippen molar-refractivity contribution in [3.63, 3.8) is 0 Å². The average Bonchev–Trinajstić information content (AvgIpc) is 2.53. The lowest BCUT2D eigenvalue weighted by atomic mass is 10.0. The SMILES string of the molecule is COc1ccc(C(CN)NC(C)c2ccccc2)cc1Cl. The largest absolute Gasteiger partial charge is 0.495 e. The van der Waals surface area contributed by atoms with E-state index in [1.807, 2.05) is 36.4 Å². The smallest absolute Gasteiger partial charge is 0.137 e. The van der Waals surface area contributed by atoms with Crippen LogP contribution in [0, 0.1) is 0 Å². The van der Waals surface area contributed by atoms with Gasteiger partial charge in [-0.15, -0.1) is 0 Å².